The number of benzene rings is 1. The Morgan fingerprint density at radius 1 is 1.11 bits per heavy atom. The van der Waals surface area contributed by atoms with Crippen molar-refractivity contribution in [2.45, 2.75) is 26.3 Å². The fourth-order valence-corrected chi connectivity index (χ4v) is 2.71. The maximum Gasteiger partial charge on any atom is 0.0677 e. The van der Waals surface area contributed by atoms with Gasteiger partial charge in [0.2, 0.25) is 0 Å². The molecule has 0 fully saturated rings. The smallest absolute Gasteiger partial charge is 0.0677 e. The summed E-state index contributed by atoms with van der Waals surface area (Å²) in [4.78, 5) is 4.27. The molecule has 0 unspecified atom stereocenters. The largest absolute Gasteiger partial charge is 0.339 e. The first-order valence-corrected chi connectivity index (χ1v) is 6.84. The van der Waals surface area contributed by atoms with Crippen LogP contribution in [0, 0.1) is 6.92 Å². The molecule has 0 atom stereocenters. The minimum absolute atomic E-state index is 0.758. The fourth-order valence-electron chi connectivity index (χ4n) is 2.71. The van der Waals surface area contributed by atoms with Gasteiger partial charge in [0.05, 0.1) is 11.7 Å². The molecule has 2 N–H and O–H groups in total. The van der Waals surface area contributed by atoms with Crippen molar-refractivity contribution in [1.82, 2.24) is 9.55 Å². The van der Waals surface area contributed by atoms with Crippen LogP contribution in [0.2, 0.25) is 0 Å². The molecule has 3 heteroatoms. The van der Waals surface area contributed by atoms with Crippen LogP contribution >= 0.6 is 0 Å². The lowest BCUT2D eigenvalue weighted by atomic mass is 10.1. The molecule has 0 spiro atoms. The van der Waals surface area contributed by atoms with Crippen LogP contribution in [-0.2, 0) is 6.54 Å². The highest BCUT2D eigenvalue weighted by Crippen LogP contribution is 2.29. The Morgan fingerprint density at radius 2 is 1.95 bits per heavy atom. The number of nitrogens with two attached hydrogens (primary N) is 1. The van der Waals surface area contributed by atoms with Crippen LogP contribution in [0.15, 0.2) is 36.7 Å². The predicted octanol–water partition coefficient (Wildman–Crippen LogP) is 3.24. The number of fused-ring (bicyclic) bond motifs is 3. The normalized spacial score (nSPS) is 11.5. The van der Waals surface area contributed by atoms with Crippen molar-refractivity contribution >= 4 is 21.8 Å². The van der Waals surface area contributed by atoms with Crippen molar-refractivity contribution in [2.75, 3.05) is 6.54 Å². The van der Waals surface area contributed by atoms with E-state index in [4.69, 9.17) is 5.73 Å². The molecular weight excluding hydrogens is 234 g/mol. The Bertz CT molecular complexity index is 712. The van der Waals surface area contributed by atoms with Gasteiger partial charge in [-0.25, -0.2) is 0 Å². The highest BCUT2D eigenvalue weighted by Gasteiger charge is 2.10. The third kappa shape index (κ3) is 2.10. The molecular formula is C16H19N3. The second-order valence-electron chi connectivity index (χ2n) is 5.06. The Balaban J connectivity index is 2.21. The molecule has 19 heavy (non-hydrogen) atoms. The van der Waals surface area contributed by atoms with Gasteiger partial charge in [-0.2, -0.15) is 0 Å². The van der Waals surface area contributed by atoms with E-state index >= 15 is 0 Å². The van der Waals surface area contributed by atoms with Gasteiger partial charge < -0.3 is 10.3 Å². The number of aryl methyl sites for hydroxylation is 2. The molecule has 0 saturated carbocycles. The number of hydrogen-bond donors (Lipinski definition) is 1. The molecule has 0 amide bonds. The first kappa shape index (κ1) is 12.2. The second kappa shape index (κ2) is 5.02. The molecule has 98 valence electrons. The third-order valence-corrected chi connectivity index (χ3v) is 3.66. The first-order valence-electron chi connectivity index (χ1n) is 6.84. The Kier molecular flexibility index (Phi) is 3.22. The van der Waals surface area contributed by atoms with Crippen molar-refractivity contribution in [3.8, 4) is 0 Å². The quantitative estimate of drug-likeness (QED) is 0.725. The molecule has 0 aliphatic carbocycles. The van der Waals surface area contributed by atoms with Gasteiger partial charge in [0, 0.05) is 29.0 Å². The van der Waals surface area contributed by atoms with Gasteiger partial charge in [-0.3, -0.25) is 4.98 Å². The van der Waals surface area contributed by atoms with Crippen LogP contribution in [0.5, 0.6) is 0 Å². The van der Waals surface area contributed by atoms with Crippen LogP contribution in [-0.4, -0.2) is 16.1 Å². The molecule has 3 nitrogen and oxygen atoms in total. The van der Waals surface area contributed by atoms with Crippen LogP contribution in [0.3, 0.4) is 0 Å². The Labute approximate surface area is 113 Å². The van der Waals surface area contributed by atoms with Gasteiger partial charge in [0.1, 0.15) is 0 Å². The monoisotopic (exact) mass is 253 g/mol. The lowest BCUT2D eigenvalue weighted by Crippen LogP contribution is -2.03. The van der Waals surface area contributed by atoms with E-state index in [0.717, 1.165) is 25.9 Å². The number of nitrogens with zero attached hydrogens (tertiary/aromatic N) is 2. The maximum atomic E-state index is 5.60. The summed E-state index contributed by atoms with van der Waals surface area (Å²) < 4.78 is 2.38. The topological polar surface area (TPSA) is 43.8 Å². The molecule has 3 aromatic rings. The molecule has 0 saturated heterocycles. The molecule has 1 aromatic carbocycles. The van der Waals surface area contributed by atoms with Crippen molar-refractivity contribution in [1.29, 1.82) is 0 Å². The molecule has 3 rings (SSSR count). The number of hydrogen-bond acceptors (Lipinski definition) is 2. The summed E-state index contributed by atoms with van der Waals surface area (Å²) in [7, 11) is 0. The van der Waals surface area contributed by atoms with Crippen LogP contribution in [0.4, 0.5) is 0 Å². The van der Waals surface area contributed by atoms with Gasteiger partial charge in [-0.1, -0.05) is 12.1 Å². The number of pyridine rings is 1. The molecule has 0 aliphatic rings. The van der Waals surface area contributed by atoms with Gasteiger partial charge >= 0.3 is 0 Å². The minimum Gasteiger partial charge on any atom is -0.339 e. The fraction of sp³-hybridized carbons (Fsp3) is 0.312. The highest BCUT2D eigenvalue weighted by molar-refractivity contribution is 6.07. The zero-order valence-electron chi connectivity index (χ0n) is 11.3. The lowest BCUT2D eigenvalue weighted by Gasteiger charge is -2.06. The summed E-state index contributed by atoms with van der Waals surface area (Å²) in [5.74, 6) is 0. The average Bonchev–Trinajstić information content (AvgIpc) is 2.73. The van der Waals surface area contributed by atoms with E-state index in [1.165, 1.54) is 27.4 Å². The summed E-state index contributed by atoms with van der Waals surface area (Å²) in [5, 5.41) is 2.61. The first-order chi connectivity index (χ1) is 9.31. The van der Waals surface area contributed by atoms with Crippen molar-refractivity contribution < 1.29 is 0 Å². The molecule has 0 radical (unpaired) electrons. The van der Waals surface area contributed by atoms with E-state index < -0.39 is 0 Å². The average molecular weight is 253 g/mol. The Hall–Kier alpha value is -1.87. The van der Waals surface area contributed by atoms with Crippen molar-refractivity contribution in [2.24, 2.45) is 5.73 Å². The van der Waals surface area contributed by atoms with Crippen LogP contribution in [0.25, 0.3) is 21.8 Å². The molecule has 2 heterocycles. The van der Waals surface area contributed by atoms with Gasteiger partial charge in [-0.05, 0) is 44.0 Å². The maximum absolute atomic E-state index is 5.60. The van der Waals surface area contributed by atoms with E-state index in [1.54, 1.807) is 0 Å². The van der Waals surface area contributed by atoms with E-state index in [9.17, 15) is 0 Å². The summed E-state index contributed by atoms with van der Waals surface area (Å²) in [6.45, 7) is 3.90. The van der Waals surface area contributed by atoms with Crippen LogP contribution in [0.1, 0.15) is 18.4 Å². The molecule has 0 aliphatic heterocycles. The number of aromatic nitrogens is 2. The highest BCUT2D eigenvalue weighted by atomic mass is 15.0. The SMILES string of the molecule is Cc1ccc2c3ccncc3n(CCCCN)c2c1. The molecule has 2 aromatic heterocycles. The second-order valence-corrected chi connectivity index (χ2v) is 5.06. The van der Waals surface area contributed by atoms with Crippen molar-refractivity contribution in [3.05, 3.63) is 42.2 Å². The summed E-state index contributed by atoms with van der Waals surface area (Å²) in [6.07, 6.45) is 6.00. The van der Waals surface area contributed by atoms with Crippen LogP contribution < -0.4 is 5.73 Å². The number of unbranched alkanes of at least 4 members (excludes halogenated alkanes) is 1. The summed E-state index contributed by atoms with van der Waals surface area (Å²) in [5.41, 5.74) is 9.42. The standard InChI is InChI=1S/C16H19N3/c1-12-4-5-13-14-6-8-18-11-16(14)19(15(13)10-12)9-3-2-7-17/h4-6,8,10-11H,2-3,7,9,17H2,1H3. The zero-order valence-corrected chi connectivity index (χ0v) is 11.3. The number of rotatable bonds is 4. The van der Waals surface area contributed by atoms with E-state index in [-0.39, 0.29) is 0 Å². The van der Waals surface area contributed by atoms with Gasteiger partial charge in [-0.15, -0.1) is 0 Å². The third-order valence-electron chi connectivity index (χ3n) is 3.66. The lowest BCUT2D eigenvalue weighted by molar-refractivity contribution is 0.642. The molecule has 0 bridgehead atoms. The van der Waals surface area contributed by atoms with Gasteiger partial charge in [0.15, 0.2) is 0 Å². The van der Waals surface area contributed by atoms with E-state index in [0.29, 0.717) is 0 Å². The summed E-state index contributed by atoms with van der Waals surface area (Å²) in [6, 6.07) is 8.75. The zero-order chi connectivity index (χ0) is 13.2. The minimum atomic E-state index is 0.758. The summed E-state index contributed by atoms with van der Waals surface area (Å²) >= 11 is 0. The van der Waals surface area contributed by atoms with Gasteiger partial charge in [0.25, 0.3) is 0 Å². The van der Waals surface area contributed by atoms with E-state index in [2.05, 4.69) is 40.7 Å². The van der Waals surface area contributed by atoms with Crippen molar-refractivity contribution in [3.63, 3.8) is 0 Å². The van der Waals surface area contributed by atoms with E-state index in [1.807, 2.05) is 12.4 Å². The predicted molar refractivity (Wildman–Crippen MR) is 80.3 cm³/mol. The Morgan fingerprint density at radius 3 is 2.79 bits per heavy atom.